The van der Waals surface area contributed by atoms with Crippen LogP contribution in [0.25, 0.3) is 0 Å². The molecular formula is C21H32N6O3S. The molecule has 9 nitrogen and oxygen atoms in total. The Kier molecular flexibility index (Phi) is 12.9. The molecule has 0 atom stereocenters. The van der Waals surface area contributed by atoms with Crippen molar-refractivity contribution in [2.75, 3.05) is 33.7 Å². The van der Waals surface area contributed by atoms with Crippen LogP contribution in [0.15, 0.2) is 69.7 Å². The van der Waals surface area contributed by atoms with Gasteiger partial charge in [-0.3, -0.25) is 4.79 Å². The molecule has 31 heavy (non-hydrogen) atoms. The molecule has 0 heterocycles. The largest absolute Gasteiger partial charge is 0.356 e. The van der Waals surface area contributed by atoms with E-state index in [4.69, 9.17) is 5.73 Å². The van der Waals surface area contributed by atoms with Crippen molar-refractivity contribution >= 4 is 27.3 Å². The second kappa shape index (κ2) is 15.2. The number of nitrogens with zero attached hydrogens (tertiary/aromatic N) is 2. The Morgan fingerprint density at radius 1 is 0.903 bits per heavy atom. The highest BCUT2D eigenvalue weighted by molar-refractivity contribution is 7.89. The smallest absolute Gasteiger partial charge is 0.240 e. The number of sulfonamides is 1. The molecule has 2 aromatic rings. The molecule has 0 saturated carbocycles. The molecule has 1 amide bonds. The third-order valence-electron chi connectivity index (χ3n) is 3.76. The van der Waals surface area contributed by atoms with E-state index >= 15 is 0 Å². The summed E-state index contributed by atoms with van der Waals surface area (Å²) in [5, 5.41) is 13.6. The zero-order valence-corrected chi connectivity index (χ0v) is 18.9. The van der Waals surface area contributed by atoms with E-state index in [-0.39, 0.29) is 23.8 Å². The van der Waals surface area contributed by atoms with Crippen LogP contribution in [0, 0.1) is 0 Å². The molecule has 0 fully saturated rings. The fourth-order valence-corrected chi connectivity index (χ4v) is 3.33. The number of benzene rings is 2. The molecule has 0 bridgehead atoms. The van der Waals surface area contributed by atoms with Gasteiger partial charge in [-0.25, -0.2) is 13.1 Å². The Morgan fingerprint density at radius 3 is 2.06 bits per heavy atom. The molecular weight excluding hydrogens is 416 g/mol. The average molecular weight is 449 g/mol. The zero-order chi connectivity index (χ0) is 23.0. The maximum atomic E-state index is 12.3. The summed E-state index contributed by atoms with van der Waals surface area (Å²) in [6, 6.07) is 15.4. The molecule has 10 heteroatoms. The lowest BCUT2D eigenvalue weighted by Gasteiger charge is -2.07. The first-order valence-electron chi connectivity index (χ1n) is 10.0. The Labute approximate surface area is 184 Å². The lowest BCUT2D eigenvalue weighted by atomic mass is 10.3. The SMILES string of the molecule is CNC.NCCCNC(=O)CCCNS(=O)(=O)c1ccc(N=Nc2ccccc2)cc1. The van der Waals surface area contributed by atoms with Gasteiger partial charge in [0.1, 0.15) is 0 Å². The Hall–Kier alpha value is -2.66. The molecule has 0 aliphatic rings. The number of carbonyl (C=O) groups excluding carboxylic acids is 1. The van der Waals surface area contributed by atoms with Crippen molar-refractivity contribution in [1.82, 2.24) is 15.4 Å². The number of amides is 1. The van der Waals surface area contributed by atoms with Crippen LogP contribution in [0.4, 0.5) is 11.4 Å². The van der Waals surface area contributed by atoms with Gasteiger partial charge in [-0.15, -0.1) is 0 Å². The summed E-state index contributed by atoms with van der Waals surface area (Å²) in [4.78, 5) is 11.7. The van der Waals surface area contributed by atoms with Crippen LogP contribution in [0.5, 0.6) is 0 Å². The number of nitrogens with two attached hydrogens (primary N) is 1. The van der Waals surface area contributed by atoms with E-state index in [1.165, 1.54) is 12.1 Å². The monoisotopic (exact) mass is 448 g/mol. The molecule has 0 unspecified atom stereocenters. The maximum absolute atomic E-state index is 12.3. The van der Waals surface area contributed by atoms with Crippen LogP contribution in [-0.4, -0.2) is 48.1 Å². The molecule has 0 saturated heterocycles. The summed E-state index contributed by atoms with van der Waals surface area (Å²) in [6.07, 6.45) is 1.39. The summed E-state index contributed by atoms with van der Waals surface area (Å²) in [5.74, 6) is -0.110. The van der Waals surface area contributed by atoms with Gasteiger partial charge in [0.2, 0.25) is 15.9 Å². The second-order valence-corrected chi connectivity index (χ2v) is 8.29. The lowest BCUT2D eigenvalue weighted by molar-refractivity contribution is -0.121. The molecule has 0 aliphatic heterocycles. The molecule has 0 aromatic heterocycles. The van der Waals surface area contributed by atoms with Gasteiger partial charge in [-0.05, 0) is 69.9 Å². The van der Waals surface area contributed by atoms with E-state index in [0.717, 1.165) is 6.42 Å². The fraction of sp³-hybridized carbons (Fsp3) is 0.381. The molecule has 0 radical (unpaired) electrons. The number of azo groups is 1. The van der Waals surface area contributed by atoms with Gasteiger partial charge < -0.3 is 16.4 Å². The minimum absolute atomic E-state index is 0.110. The summed E-state index contributed by atoms with van der Waals surface area (Å²) in [5.41, 5.74) is 6.62. The zero-order valence-electron chi connectivity index (χ0n) is 18.0. The van der Waals surface area contributed by atoms with E-state index < -0.39 is 10.0 Å². The van der Waals surface area contributed by atoms with Crippen molar-refractivity contribution in [3.63, 3.8) is 0 Å². The highest BCUT2D eigenvalue weighted by atomic mass is 32.2. The van der Waals surface area contributed by atoms with E-state index in [0.29, 0.717) is 30.9 Å². The van der Waals surface area contributed by atoms with Crippen molar-refractivity contribution < 1.29 is 13.2 Å². The van der Waals surface area contributed by atoms with Crippen LogP contribution in [0.2, 0.25) is 0 Å². The van der Waals surface area contributed by atoms with Gasteiger partial charge in [0.05, 0.1) is 16.3 Å². The number of hydrogen-bond acceptors (Lipinski definition) is 7. The summed E-state index contributed by atoms with van der Waals surface area (Å²) in [6.45, 7) is 1.24. The van der Waals surface area contributed by atoms with Crippen molar-refractivity contribution in [3.8, 4) is 0 Å². The van der Waals surface area contributed by atoms with Crippen molar-refractivity contribution in [2.45, 2.75) is 24.2 Å². The Bertz CT molecular complexity index is 887. The maximum Gasteiger partial charge on any atom is 0.240 e. The number of nitrogens with one attached hydrogen (secondary N) is 3. The number of hydrogen-bond donors (Lipinski definition) is 4. The minimum atomic E-state index is -3.63. The first-order chi connectivity index (χ1) is 14.9. The van der Waals surface area contributed by atoms with Gasteiger partial charge in [-0.2, -0.15) is 10.2 Å². The summed E-state index contributed by atoms with van der Waals surface area (Å²) >= 11 is 0. The number of carbonyl (C=O) groups is 1. The predicted molar refractivity (Wildman–Crippen MR) is 123 cm³/mol. The second-order valence-electron chi connectivity index (χ2n) is 6.52. The van der Waals surface area contributed by atoms with Crippen molar-refractivity contribution in [1.29, 1.82) is 0 Å². The Balaban J connectivity index is 0.00000151. The van der Waals surface area contributed by atoms with Gasteiger partial charge >= 0.3 is 0 Å². The van der Waals surface area contributed by atoms with Gasteiger partial charge in [0, 0.05) is 19.5 Å². The van der Waals surface area contributed by atoms with Crippen LogP contribution in [-0.2, 0) is 14.8 Å². The van der Waals surface area contributed by atoms with E-state index in [1.54, 1.807) is 12.1 Å². The molecule has 2 rings (SSSR count). The van der Waals surface area contributed by atoms with Crippen LogP contribution in [0.3, 0.4) is 0 Å². The van der Waals surface area contributed by atoms with E-state index in [2.05, 4.69) is 25.6 Å². The molecule has 5 N–H and O–H groups in total. The highest BCUT2D eigenvalue weighted by Gasteiger charge is 2.13. The average Bonchev–Trinajstić information content (AvgIpc) is 2.77. The Morgan fingerprint density at radius 2 is 1.48 bits per heavy atom. The molecule has 0 spiro atoms. The number of rotatable bonds is 11. The van der Waals surface area contributed by atoms with Gasteiger partial charge in [0.15, 0.2) is 0 Å². The first kappa shape index (κ1) is 26.4. The third kappa shape index (κ3) is 11.3. The van der Waals surface area contributed by atoms with Crippen molar-refractivity contribution in [2.24, 2.45) is 16.0 Å². The summed E-state index contributed by atoms with van der Waals surface area (Å²) < 4.78 is 27.1. The molecule has 0 aliphatic carbocycles. The molecule has 2 aromatic carbocycles. The van der Waals surface area contributed by atoms with Crippen LogP contribution >= 0.6 is 0 Å². The van der Waals surface area contributed by atoms with Gasteiger partial charge in [-0.1, -0.05) is 18.2 Å². The highest BCUT2D eigenvalue weighted by Crippen LogP contribution is 2.20. The normalized spacial score (nSPS) is 11.1. The van der Waals surface area contributed by atoms with Crippen LogP contribution < -0.4 is 21.1 Å². The van der Waals surface area contributed by atoms with E-state index in [9.17, 15) is 13.2 Å². The van der Waals surface area contributed by atoms with Gasteiger partial charge in [0.25, 0.3) is 0 Å². The van der Waals surface area contributed by atoms with E-state index in [1.807, 2.05) is 44.4 Å². The lowest BCUT2D eigenvalue weighted by Crippen LogP contribution is -2.28. The first-order valence-corrected chi connectivity index (χ1v) is 11.5. The minimum Gasteiger partial charge on any atom is -0.356 e. The quantitative estimate of drug-likeness (QED) is 0.309. The topological polar surface area (TPSA) is 138 Å². The van der Waals surface area contributed by atoms with Crippen molar-refractivity contribution in [3.05, 3.63) is 54.6 Å². The standard InChI is InChI=1S/C19H25N5O3S.C2H7N/c20-13-5-14-21-19(25)8-4-15-22-28(26,27)18-11-9-17(10-12-18)24-23-16-6-2-1-3-7-16;1-3-2/h1-3,6-7,9-12,22H,4-5,8,13-15,20H2,(H,21,25);3H,1-2H3. The molecule has 170 valence electrons. The third-order valence-corrected chi connectivity index (χ3v) is 5.24. The van der Waals surface area contributed by atoms with Crippen LogP contribution in [0.1, 0.15) is 19.3 Å². The summed E-state index contributed by atoms with van der Waals surface area (Å²) in [7, 11) is 0.117. The fourth-order valence-electron chi connectivity index (χ4n) is 2.26. The predicted octanol–water partition coefficient (Wildman–Crippen LogP) is 2.46.